The van der Waals surface area contributed by atoms with E-state index in [2.05, 4.69) is 5.32 Å². The highest BCUT2D eigenvalue weighted by Crippen LogP contribution is 2.31. The van der Waals surface area contributed by atoms with Crippen LogP contribution in [0.15, 0.2) is 23.1 Å². The van der Waals surface area contributed by atoms with E-state index in [9.17, 15) is 18.0 Å². The van der Waals surface area contributed by atoms with Crippen LogP contribution < -0.4 is 15.8 Å². The summed E-state index contributed by atoms with van der Waals surface area (Å²) in [6.45, 7) is 1.76. The molecule has 29 heavy (non-hydrogen) atoms. The summed E-state index contributed by atoms with van der Waals surface area (Å²) >= 11 is 0. The first-order chi connectivity index (χ1) is 13.8. The molecular formula is C19H28N4O5S. The lowest BCUT2D eigenvalue weighted by atomic mass is 9.97. The second kappa shape index (κ2) is 9.00. The van der Waals surface area contributed by atoms with Crippen molar-refractivity contribution in [2.24, 2.45) is 11.7 Å². The second-order valence-corrected chi connectivity index (χ2v) is 9.35. The van der Waals surface area contributed by atoms with Crippen LogP contribution in [0, 0.1) is 5.92 Å². The Kier molecular flexibility index (Phi) is 6.63. The number of nitrogens with two attached hydrogens (primary N) is 1. The zero-order valence-electron chi connectivity index (χ0n) is 16.6. The van der Waals surface area contributed by atoms with Crippen molar-refractivity contribution < 1.29 is 22.7 Å². The van der Waals surface area contributed by atoms with E-state index in [1.54, 1.807) is 12.1 Å². The molecule has 2 fully saturated rings. The van der Waals surface area contributed by atoms with Crippen molar-refractivity contribution in [2.75, 3.05) is 38.6 Å². The van der Waals surface area contributed by atoms with E-state index in [0.717, 1.165) is 19.3 Å². The normalized spacial score (nSPS) is 20.9. The van der Waals surface area contributed by atoms with E-state index in [0.29, 0.717) is 38.2 Å². The molecule has 0 saturated carbocycles. The van der Waals surface area contributed by atoms with Gasteiger partial charge in [0, 0.05) is 31.9 Å². The second-order valence-electron chi connectivity index (χ2n) is 7.44. The monoisotopic (exact) mass is 424 g/mol. The molecule has 2 saturated heterocycles. The third kappa shape index (κ3) is 4.81. The van der Waals surface area contributed by atoms with E-state index in [4.69, 9.17) is 10.5 Å². The van der Waals surface area contributed by atoms with E-state index in [1.807, 2.05) is 0 Å². The van der Waals surface area contributed by atoms with E-state index < -0.39 is 16.1 Å². The van der Waals surface area contributed by atoms with Gasteiger partial charge in [0.25, 0.3) is 0 Å². The molecule has 0 radical (unpaired) electrons. The third-order valence-corrected chi connectivity index (χ3v) is 7.39. The highest BCUT2D eigenvalue weighted by Gasteiger charge is 2.31. The number of carbonyl (C=O) groups is 2. The zero-order valence-corrected chi connectivity index (χ0v) is 17.4. The number of benzene rings is 1. The highest BCUT2D eigenvalue weighted by atomic mass is 32.2. The molecule has 1 aromatic carbocycles. The molecule has 1 atom stereocenters. The van der Waals surface area contributed by atoms with Crippen molar-refractivity contribution in [2.45, 2.75) is 37.0 Å². The van der Waals surface area contributed by atoms with Gasteiger partial charge in [-0.2, -0.15) is 4.31 Å². The molecule has 3 amide bonds. The number of carbonyl (C=O) groups excluding carboxylic acids is 2. The number of urea groups is 1. The van der Waals surface area contributed by atoms with Gasteiger partial charge in [0.1, 0.15) is 10.6 Å². The third-order valence-electron chi connectivity index (χ3n) is 5.47. The molecule has 3 N–H and O–H groups in total. The Morgan fingerprint density at radius 1 is 1.14 bits per heavy atom. The highest BCUT2D eigenvalue weighted by molar-refractivity contribution is 7.89. The number of sulfonamides is 1. The number of nitrogens with zero attached hydrogens (tertiary/aromatic N) is 2. The van der Waals surface area contributed by atoms with Crippen LogP contribution in [0.25, 0.3) is 0 Å². The first-order valence-electron chi connectivity index (χ1n) is 9.86. The lowest BCUT2D eigenvalue weighted by molar-refractivity contribution is -0.121. The fourth-order valence-corrected chi connectivity index (χ4v) is 5.53. The van der Waals surface area contributed by atoms with E-state index in [1.165, 1.54) is 22.4 Å². The lowest BCUT2D eigenvalue weighted by Crippen LogP contribution is -2.46. The summed E-state index contributed by atoms with van der Waals surface area (Å²) in [6.07, 6.45) is 4.01. The predicted molar refractivity (Wildman–Crippen MR) is 108 cm³/mol. The molecule has 2 heterocycles. The van der Waals surface area contributed by atoms with Crippen molar-refractivity contribution in [3.63, 3.8) is 0 Å². The van der Waals surface area contributed by atoms with Crippen molar-refractivity contribution in [3.8, 4) is 5.75 Å². The summed E-state index contributed by atoms with van der Waals surface area (Å²) in [5.74, 6) is -0.408. The molecule has 160 valence electrons. The summed E-state index contributed by atoms with van der Waals surface area (Å²) in [6, 6.07) is 4.06. The average Bonchev–Trinajstić information content (AvgIpc) is 2.74. The standard InChI is InChI=1S/C19H28N4O5S/c1-28-16-8-7-15(12-17(16)29(26,27)23-10-3-2-4-11-23)21-18(24)14-6-5-9-22(13-14)19(20)25/h7-8,12,14H,2-6,9-11,13H2,1H3,(H2,20,25)(H,21,24)/t14-/m1/s1. The minimum absolute atomic E-state index is 0.0436. The van der Waals surface area contributed by atoms with Crippen LogP contribution in [0.4, 0.5) is 10.5 Å². The number of likely N-dealkylation sites (tertiary alicyclic amines) is 1. The number of nitrogens with one attached hydrogen (secondary N) is 1. The van der Waals surface area contributed by atoms with Crippen LogP contribution >= 0.6 is 0 Å². The fourth-order valence-electron chi connectivity index (χ4n) is 3.84. The molecule has 3 rings (SSSR count). The van der Waals surface area contributed by atoms with Crippen molar-refractivity contribution in [1.29, 1.82) is 0 Å². The molecule has 0 unspecified atom stereocenters. The van der Waals surface area contributed by atoms with Gasteiger partial charge in [-0.25, -0.2) is 13.2 Å². The summed E-state index contributed by atoms with van der Waals surface area (Å²) in [5.41, 5.74) is 5.70. The number of primary amides is 1. The Morgan fingerprint density at radius 3 is 2.52 bits per heavy atom. The van der Waals surface area contributed by atoms with Gasteiger partial charge in [-0.05, 0) is 43.9 Å². The number of ether oxygens (including phenoxy) is 1. The number of hydrogen-bond donors (Lipinski definition) is 2. The van der Waals surface area contributed by atoms with Crippen LogP contribution in [0.5, 0.6) is 5.75 Å². The maximum Gasteiger partial charge on any atom is 0.314 e. The number of hydrogen-bond acceptors (Lipinski definition) is 5. The first-order valence-corrected chi connectivity index (χ1v) is 11.3. The maximum atomic E-state index is 13.1. The van der Waals surface area contributed by atoms with E-state index >= 15 is 0 Å². The van der Waals surface area contributed by atoms with Crippen LogP contribution in [0.3, 0.4) is 0 Å². The Balaban J connectivity index is 1.79. The lowest BCUT2D eigenvalue weighted by Gasteiger charge is -2.30. The first kappa shape index (κ1) is 21.4. The molecule has 2 aliphatic heterocycles. The molecule has 1 aromatic rings. The van der Waals surface area contributed by atoms with Gasteiger partial charge in [0.05, 0.1) is 13.0 Å². The van der Waals surface area contributed by atoms with Crippen molar-refractivity contribution in [3.05, 3.63) is 18.2 Å². The maximum absolute atomic E-state index is 13.1. The van der Waals surface area contributed by atoms with Crippen molar-refractivity contribution in [1.82, 2.24) is 9.21 Å². The van der Waals surface area contributed by atoms with Gasteiger partial charge in [0.15, 0.2) is 0 Å². The number of methoxy groups -OCH3 is 1. The number of anilines is 1. The van der Waals surface area contributed by atoms with Crippen LogP contribution in [0.2, 0.25) is 0 Å². The number of piperidine rings is 2. The predicted octanol–water partition coefficient (Wildman–Crippen LogP) is 1.60. The van der Waals surface area contributed by atoms with Crippen LogP contribution in [-0.4, -0.2) is 62.9 Å². The minimum atomic E-state index is -3.72. The summed E-state index contributed by atoms with van der Waals surface area (Å²) < 4.78 is 32.9. The Labute approximate surface area is 171 Å². The van der Waals surface area contributed by atoms with Gasteiger partial charge < -0.3 is 20.7 Å². The van der Waals surface area contributed by atoms with Gasteiger partial charge in [-0.1, -0.05) is 6.42 Å². The molecule has 0 bridgehead atoms. The SMILES string of the molecule is COc1ccc(NC(=O)[C@@H]2CCCN(C(N)=O)C2)cc1S(=O)(=O)N1CCCCC1. The number of amides is 3. The molecule has 9 nitrogen and oxygen atoms in total. The summed E-state index contributed by atoms with van der Waals surface area (Å²) in [7, 11) is -2.30. The zero-order chi connectivity index (χ0) is 21.0. The average molecular weight is 425 g/mol. The summed E-state index contributed by atoms with van der Waals surface area (Å²) in [4.78, 5) is 25.6. The van der Waals surface area contributed by atoms with Crippen LogP contribution in [-0.2, 0) is 14.8 Å². The Hall–Kier alpha value is -2.33. The topological polar surface area (TPSA) is 122 Å². The Bertz CT molecular complexity index is 867. The van der Waals surface area contributed by atoms with Gasteiger partial charge in [-0.15, -0.1) is 0 Å². The molecule has 0 aliphatic carbocycles. The molecule has 2 aliphatic rings. The van der Waals surface area contributed by atoms with Gasteiger partial charge in [0.2, 0.25) is 15.9 Å². The smallest absolute Gasteiger partial charge is 0.314 e. The fraction of sp³-hybridized carbons (Fsp3) is 0.579. The van der Waals surface area contributed by atoms with Crippen molar-refractivity contribution >= 4 is 27.6 Å². The largest absolute Gasteiger partial charge is 0.495 e. The molecule has 0 spiro atoms. The number of rotatable bonds is 5. The molecular weight excluding hydrogens is 396 g/mol. The Morgan fingerprint density at radius 2 is 1.86 bits per heavy atom. The summed E-state index contributed by atoms with van der Waals surface area (Å²) in [5, 5.41) is 2.78. The minimum Gasteiger partial charge on any atom is -0.495 e. The van der Waals surface area contributed by atoms with Gasteiger partial charge in [-0.3, -0.25) is 4.79 Å². The van der Waals surface area contributed by atoms with E-state index in [-0.39, 0.29) is 29.0 Å². The molecule has 0 aromatic heterocycles. The quantitative estimate of drug-likeness (QED) is 0.743. The van der Waals surface area contributed by atoms with Gasteiger partial charge >= 0.3 is 6.03 Å². The molecule has 10 heteroatoms. The van der Waals surface area contributed by atoms with Crippen LogP contribution in [0.1, 0.15) is 32.1 Å².